The number of hydrogen-bond donors (Lipinski definition) is 0. The molecule has 0 bridgehead atoms. The van der Waals surface area contributed by atoms with Gasteiger partial charge in [-0.15, -0.1) is 21.5 Å². The smallest absolute Gasteiger partial charge is 0.277 e. The number of thiazole rings is 1. The highest BCUT2D eigenvalue weighted by molar-refractivity contribution is 7.99. The summed E-state index contributed by atoms with van der Waals surface area (Å²) in [6.45, 7) is 2.76. The van der Waals surface area contributed by atoms with Crippen molar-refractivity contribution in [2.24, 2.45) is 4.99 Å². The Morgan fingerprint density at radius 1 is 1.35 bits per heavy atom. The molecule has 26 heavy (non-hydrogen) atoms. The van der Waals surface area contributed by atoms with E-state index in [9.17, 15) is 4.79 Å². The molecule has 134 valence electrons. The summed E-state index contributed by atoms with van der Waals surface area (Å²) in [5.41, 5.74) is 2.41. The van der Waals surface area contributed by atoms with E-state index in [2.05, 4.69) is 46.4 Å². The first-order chi connectivity index (χ1) is 12.7. The van der Waals surface area contributed by atoms with Gasteiger partial charge in [0.2, 0.25) is 5.89 Å². The molecule has 8 heteroatoms. The quantitative estimate of drug-likeness (QED) is 0.607. The minimum atomic E-state index is -0.207. The van der Waals surface area contributed by atoms with Crippen LogP contribution in [-0.2, 0) is 11.3 Å². The van der Waals surface area contributed by atoms with Gasteiger partial charge < -0.3 is 8.98 Å². The van der Waals surface area contributed by atoms with Crippen molar-refractivity contribution in [1.82, 2.24) is 14.8 Å². The fraction of sp³-hybridized carbons (Fsp3) is 0.333. The van der Waals surface area contributed by atoms with Crippen molar-refractivity contribution in [1.29, 1.82) is 0 Å². The zero-order valence-electron chi connectivity index (χ0n) is 14.3. The summed E-state index contributed by atoms with van der Waals surface area (Å²) in [4.78, 5) is 17.1. The van der Waals surface area contributed by atoms with Crippen molar-refractivity contribution >= 4 is 29.0 Å². The average Bonchev–Trinajstić information content (AvgIpc) is 3.23. The van der Waals surface area contributed by atoms with Crippen LogP contribution in [0.15, 0.2) is 50.5 Å². The molecule has 1 aliphatic carbocycles. The Bertz CT molecular complexity index is 967. The van der Waals surface area contributed by atoms with Crippen molar-refractivity contribution < 1.29 is 9.21 Å². The minimum absolute atomic E-state index is 0.189. The number of aromatic nitrogens is 3. The van der Waals surface area contributed by atoms with Gasteiger partial charge in [-0.05, 0) is 25.3 Å². The van der Waals surface area contributed by atoms with Crippen LogP contribution in [0, 0.1) is 6.92 Å². The molecule has 4 rings (SSSR count). The van der Waals surface area contributed by atoms with Gasteiger partial charge in [-0.2, -0.15) is 4.99 Å². The SMILES string of the molecule is Cc1ccc(Cn2ccsc2=NC(=O)CSc2nnc(C3CC3)o2)cc1. The van der Waals surface area contributed by atoms with E-state index < -0.39 is 0 Å². The summed E-state index contributed by atoms with van der Waals surface area (Å²) in [6.07, 6.45) is 4.17. The molecular formula is C18H18N4O2S2. The zero-order valence-corrected chi connectivity index (χ0v) is 15.9. The molecule has 0 unspecified atom stereocenters. The number of hydrogen-bond acceptors (Lipinski definition) is 6. The van der Waals surface area contributed by atoms with Gasteiger partial charge in [-0.25, -0.2) is 0 Å². The van der Waals surface area contributed by atoms with Crippen LogP contribution in [0.5, 0.6) is 0 Å². The molecule has 3 aromatic rings. The lowest BCUT2D eigenvalue weighted by molar-refractivity contribution is -0.115. The van der Waals surface area contributed by atoms with E-state index in [0.29, 0.717) is 28.4 Å². The van der Waals surface area contributed by atoms with Gasteiger partial charge >= 0.3 is 0 Å². The van der Waals surface area contributed by atoms with Crippen LogP contribution >= 0.6 is 23.1 Å². The summed E-state index contributed by atoms with van der Waals surface area (Å²) in [7, 11) is 0. The highest BCUT2D eigenvalue weighted by atomic mass is 32.2. The van der Waals surface area contributed by atoms with Crippen LogP contribution in [0.3, 0.4) is 0 Å². The number of rotatable bonds is 6. The Balaban J connectivity index is 1.39. The second-order valence-corrected chi connectivity index (χ2v) is 8.07. The van der Waals surface area contributed by atoms with Gasteiger partial charge in [0, 0.05) is 24.0 Å². The third-order valence-electron chi connectivity index (χ3n) is 4.02. The van der Waals surface area contributed by atoms with Crippen molar-refractivity contribution in [2.75, 3.05) is 5.75 Å². The Morgan fingerprint density at radius 3 is 2.92 bits per heavy atom. The third-order valence-corrected chi connectivity index (χ3v) is 5.62. The van der Waals surface area contributed by atoms with Crippen molar-refractivity contribution in [3.8, 4) is 0 Å². The molecule has 1 fully saturated rings. The average molecular weight is 387 g/mol. The fourth-order valence-corrected chi connectivity index (χ4v) is 3.73. The lowest BCUT2D eigenvalue weighted by atomic mass is 10.1. The standard InChI is InChI=1S/C18H18N4O2S2/c1-12-2-4-13(5-3-12)10-22-8-9-25-17(22)19-15(23)11-26-18-21-20-16(24-18)14-6-7-14/h2-5,8-9,14H,6-7,10-11H2,1H3. The van der Waals surface area contributed by atoms with Crippen LogP contribution in [0.4, 0.5) is 0 Å². The summed E-state index contributed by atoms with van der Waals surface area (Å²) in [5, 5.41) is 10.4. The van der Waals surface area contributed by atoms with Crippen molar-refractivity contribution in [3.63, 3.8) is 0 Å². The molecule has 0 atom stereocenters. The molecule has 1 amide bonds. The highest BCUT2D eigenvalue weighted by Gasteiger charge is 2.29. The van der Waals surface area contributed by atoms with E-state index in [-0.39, 0.29) is 11.7 Å². The fourth-order valence-electron chi connectivity index (χ4n) is 2.43. The first-order valence-electron chi connectivity index (χ1n) is 8.40. The first-order valence-corrected chi connectivity index (χ1v) is 10.3. The zero-order chi connectivity index (χ0) is 17.9. The molecular weight excluding hydrogens is 368 g/mol. The van der Waals surface area contributed by atoms with E-state index >= 15 is 0 Å². The molecule has 6 nitrogen and oxygen atoms in total. The Hall–Kier alpha value is -2.19. The van der Waals surface area contributed by atoms with E-state index in [1.54, 1.807) is 0 Å². The van der Waals surface area contributed by atoms with E-state index in [1.165, 1.54) is 34.2 Å². The Labute approximate surface area is 159 Å². The second-order valence-electron chi connectivity index (χ2n) is 6.27. The van der Waals surface area contributed by atoms with Gasteiger partial charge in [-0.3, -0.25) is 4.79 Å². The maximum Gasteiger partial charge on any atom is 0.277 e. The minimum Gasteiger partial charge on any atom is -0.416 e. The Morgan fingerprint density at radius 2 is 2.15 bits per heavy atom. The lowest BCUT2D eigenvalue weighted by Crippen LogP contribution is -2.17. The van der Waals surface area contributed by atoms with Crippen molar-refractivity contribution in [2.45, 2.75) is 37.5 Å². The van der Waals surface area contributed by atoms with Gasteiger partial charge in [0.25, 0.3) is 11.1 Å². The summed E-state index contributed by atoms with van der Waals surface area (Å²) >= 11 is 2.69. The molecule has 1 aromatic carbocycles. The number of carbonyl (C=O) groups is 1. The van der Waals surface area contributed by atoms with E-state index in [1.807, 2.05) is 16.1 Å². The van der Waals surface area contributed by atoms with Gasteiger partial charge in [-0.1, -0.05) is 41.6 Å². The molecule has 0 aliphatic heterocycles. The molecule has 0 N–H and O–H groups in total. The molecule has 0 radical (unpaired) electrons. The maximum absolute atomic E-state index is 12.2. The molecule has 1 aliphatic rings. The number of carbonyl (C=O) groups excluding carboxylic acids is 1. The number of thioether (sulfide) groups is 1. The van der Waals surface area contributed by atoms with Crippen LogP contribution in [-0.4, -0.2) is 26.4 Å². The molecule has 2 aromatic heterocycles. The number of nitrogens with zero attached hydrogens (tertiary/aromatic N) is 4. The van der Waals surface area contributed by atoms with Gasteiger partial charge in [0.15, 0.2) is 4.80 Å². The highest BCUT2D eigenvalue weighted by Crippen LogP contribution is 2.39. The number of aryl methyl sites for hydroxylation is 1. The summed E-state index contributed by atoms with van der Waals surface area (Å²) in [5.74, 6) is 1.09. The topological polar surface area (TPSA) is 73.3 Å². The van der Waals surface area contributed by atoms with Crippen LogP contribution < -0.4 is 4.80 Å². The molecule has 1 saturated carbocycles. The summed E-state index contributed by atoms with van der Waals surface area (Å²) < 4.78 is 7.53. The predicted molar refractivity (Wildman–Crippen MR) is 100 cm³/mol. The number of benzene rings is 1. The largest absolute Gasteiger partial charge is 0.416 e. The molecule has 2 heterocycles. The third kappa shape index (κ3) is 4.31. The van der Waals surface area contributed by atoms with Gasteiger partial charge in [0.1, 0.15) is 0 Å². The predicted octanol–water partition coefficient (Wildman–Crippen LogP) is 3.39. The van der Waals surface area contributed by atoms with Crippen molar-refractivity contribution in [3.05, 3.63) is 57.7 Å². The Kier molecular flexibility index (Phi) is 5.03. The van der Waals surface area contributed by atoms with Crippen LogP contribution in [0.25, 0.3) is 0 Å². The molecule has 0 spiro atoms. The normalized spacial score (nSPS) is 14.7. The van der Waals surface area contributed by atoms with E-state index in [0.717, 1.165) is 12.8 Å². The lowest BCUT2D eigenvalue weighted by Gasteiger charge is -2.03. The van der Waals surface area contributed by atoms with Gasteiger partial charge in [0.05, 0.1) is 5.75 Å². The first kappa shape index (κ1) is 17.2. The monoisotopic (exact) mass is 386 g/mol. The number of amides is 1. The second kappa shape index (κ2) is 7.59. The van der Waals surface area contributed by atoms with Crippen LogP contribution in [0.2, 0.25) is 0 Å². The van der Waals surface area contributed by atoms with E-state index in [4.69, 9.17) is 4.42 Å². The maximum atomic E-state index is 12.2. The summed E-state index contributed by atoms with van der Waals surface area (Å²) in [6, 6.07) is 8.35. The molecule has 0 saturated heterocycles. The van der Waals surface area contributed by atoms with Crippen LogP contribution in [0.1, 0.15) is 35.8 Å².